The summed E-state index contributed by atoms with van der Waals surface area (Å²) in [6, 6.07) is 0.275. The molecule has 0 aromatic carbocycles. The lowest BCUT2D eigenvalue weighted by Gasteiger charge is -2.23. The summed E-state index contributed by atoms with van der Waals surface area (Å²) in [4.78, 5) is 11.8. The first kappa shape index (κ1) is 12.5. The molecule has 0 radical (unpaired) electrons. The van der Waals surface area contributed by atoms with Crippen LogP contribution in [0.3, 0.4) is 0 Å². The maximum absolute atomic E-state index is 11.8. The average molecular weight is 213 g/mol. The zero-order chi connectivity index (χ0) is 11.5. The highest BCUT2D eigenvalue weighted by molar-refractivity contribution is 5.72. The Hall–Kier alpha value is -0.570. The fourth-order valence-electron chi connectivity index (χ4n) is 1.95. The summed E-state index contributed by atoms with van der Waals surface area (Å²) in [7, 11) is 0. The number of carbonyl (C=O) groups excluding carboxylic acids is 1. The van der Waals surface area contributed by atoms with Gasteiger partial charge in [-0.2, -0.15) is 0 Å². The maximum atomic E-state index is 11.8. The number of hydrogen-bond donors (Lipinski definition) is 1. The topological polar surface area (TPSA) is 52.3 Å². The molecule has 1 fully saturated rings. The molecule has 0 aromatic heterocycles. The second-order valence-corrected chi connectivity index (χ2v) is 5.50. The van der Waals surface area contributed by atoms with E-state index in [1.54, 1.807) is 0 Å². The minimum Gasteiger partial charge on any atom is -0.460 e. The molecule has 0 aliphatic heterocycles. The van der Waals surface area contributed by atoms with Crippen molar-refractivity contribution in [1.29, 1.82) is 0 Å². The van der Waals surface area contributed by atoms with Gasteiger partial charge in [0.05, 0.1) is 5.92 Å². The van der Waals surface area contributed by atoms with Gasteiger partial charge in [-0.15, -0.1) is 0 Å². The predicted molar refractivity (Wildman–Crippen MR) is 60.4 cm³/mol. The molecule has 1 aliphatic rings. The molecule has 1 rings (SSSR count). The van der Waals surface area contributed by atoms with Crippen LogP contribution in [0.4, 0.5) is 0 Å². The zero-order valence-electron chi connectivity index (χ0n) is 10.1. The summed E-state index contributed by atoms with van der Waals surface area (Å²) in [5.74, 6) is 0.0226. The van der Waals surface area contributed by atoms with Gasteiger partial charge in [0.25, 0.3) is 0 Å². The van der Waals surface area contributed by atoms with E-state index in [2.05, 4.69) is 0 Å². The van der Waals surface area contributed by atoms with Crippen LogP contribution in [0, 0.1) is 5.92 Å². The van der Waals surface area contributed by atoms with Gasteiger partial charge in [-0.3, -0.25) is 4.79 Å². The van der Waals surface area contributed by atoms with Crippen molar-refractivity contribution >= 4 is 5.97 Å². The number of ether oxygens (including phenoxy) is 1. The quantitative estimate of drug-likeness (QED) is 0.537. The van der Waals surface area contributed by atoms with E-state index in [0.29, 0.717) is 0 Å². The smallest absolute Gasteiger partial charge is 0.309 e. The molecular weight excluding hydrogens is 190 g/mol. The van der Waals surface area contributed by atoms with Gasteiger partial charge in [0.1, 0.15) is 5.60 Å². The van der Waals surface area contributed by atoms with Crippen LogP contribution in [0.15, 0.2) is 0 Å². The summed E-state index contributed by atoms with van der Waals surface area (Å²) < 4.78 is 5.39. The molecule has 0 bridgehead atoms. The molecule has 0 amide bonds. The Bertz CT molecular complexity index is 220. The highest BCUT2D eigenvalue weighted by Crippen LogP contribution is 2.25. The van der Waals surface area contributed by atoms with E-state index >= 15 is 0 Å². The Kier molecular flexibility index (Phi) is 4.14. The fraction of sp³-hybridized carbons (Fsp3) is 0.917. The number of hydrogen-bond acceptors (Lipinski definition) is 3. The third-order valence-corrected chi connectivity index (χ3v) is 2.75. The summed E-state index contributed by atoms with van der Waals surface area (Å²) in [6.45, 7) is 5.73. The molecule has 2 N–H and O–H groups in total. The molecule has 0 aromatic rings. The molecule has 88 valence electrons. The van der Waals surface area contributed by atoms with Crippen molar-refractivity contribution in [3.8, 4) is 0 Å². The summed E-state index contributed by atoms with van der Waals surface area (Å²) >= 11 is 0. The second-order valence-electron chi connectivity index (χ2n) is 5.50. The molecule has 1 saturated carbocycles. The largest absolute Gasteiger partial charge is 0.460 e. The van der Waals surface area contributed by atoms with Gasteiger partial charge in [-0.05, 0) is 46.5 Å². The van der Waals surface area contributed by atoms with Crippen LogP contribution in [-0.4, -0.2) is 17.6 Å². The molecule has 2 atom stereocenters. The molecule has 3 heteroatoms. The lowest BCUT2D eigenvalue weighted by Crippen LogP contribution is -2.28. The van der Waals surface area contributed by atoms with Crippen molar-refractivity contribution in [2.75, 3.05) is 0 Å². The van der Waals surface area contributed by atoms with Crippen molar-refractivity contribution < 1.29 is 9.53 Å². The molecular formula is C12H23NO2. The third-order valence-electron chi connectivity index (χ3n) is 2.75. The van der Waals surface area contributed by atoms with Gasteiger partial charge in [-0.1, -0.05) is 6.42 Å². The van der Waals surface area contributed by atoms with Gasteiger partial charge in [0, 0.05) is 6.04 Å². The first-order chi connectivity index (χ1) is 6.88. The van der Waals surface area contributed by atoms with Gasteiger partial charge in [0.15, 0.2) is 0 Å². The number of nitrogens with two attached hydrogens (primary N) is 1. The van der Waals surface area contributed by atoms with E-state index in [9.17, 15) is 4.79 Å². The van der Waals surface area contributed by atoms with E-state index < -0.39 is 0 Å². The van der Waals surface area contributed by atoms with Crippen LogP contribution < -0.4 is 5.73 Å². The lowest BCUT2D eigenvalue weighted by atomic mass is 10.00. The third kappa shape index (κ3) is 4.65. The van der Waals surface area contributed by atoms with Crippen molar-refractivity contribution in [3.05, 3.63) is 0 Å². The van der Waals surface area contributed by atoms with Crippen LogP contribution in [0.5, 0.6) is 0 Å². The normalized spacial score (nSPS) is 28.3. The minimum atomic E-state index is -0.370. The van der Waals surface area contributed by atoms with E-state index in [4.69, 9.17) is 10.5 Å². The first-order valence-corrected chi connectivity index (χ1v) is 5.87. The number of esters is 1. The fourth-order valence-corrected chi connectivity index (χ4v) is 1.95. The highest BCUT2D eigenvalue weighted by Gasteiger charge is 2.27. The van der Waals surface area contributed by atoms with Crippen molar-refractivity contribution in [2.45, 2.75) is 64.5 Å². The van der Waals surface area contributed by atoms with Crippen molar-refractivity contribution in [1.82, 2.24) is 0 Å². The van der Waals surface area contributed by atoms with Gasteiger partial charge in [-0.25, -0.2) is 0 Å². The van der Waals surface area contributed by atoms with Gasteiger partial charge >= 0.3 is 5.97 Å². The SMILES string of the molecule is CC(C)(C)OC(=O)C1CCCC(N)CC1. The summed E-state index contributed by atoms with van der Waals surface area (Å²) in [5.41, 5.74) is 5.50. The number of carbonyl (C=O) groups is 1. The monoisotopic (exact) mass is 213 g/mol. The van der Waals surface area contributed by atoms with Gasteiger partial charge < -0.3 is 10.5 Å². The van der Waals surface area contributed by atoms with Crippen LogP contribution in [0.25, 0.3) is 0 Å². The Morgan fingerprint density at radius 1 is 1.20 bits per heavy atom. The number of rotatable bonds is 1. The molecule has 0 heterocycles. The lowest BCUT2D eigenvalue weighted by molar-refractivity contribution is -0.160. The van der Waals surface area contributed by atoms with E-state index in [1.165, 1.54) is 0 Å². The van der Waals surface area contributed by atoms with Crippen LogP contribution in [0.1, 0.15) is 52.9 Å². The Balaban J connectivity index is 2.45. The summed E-state index contributed by atoms with van der Waals surface area (Å²) in [6.07, 6.45) is 4.85. The molecule has 3 nitrogen and oxygen atoms in total. The Morgan fingerprint density at radius 2 is 1.87 bits per heavy atom. The maximum Gasteiger partial charge on any atom is 0.309 e. The standard InChI is InChI=1S/C12H23NO2/c1-12(2,3)15-11(14)9-5-4-6-10(13)8-7-9/h9-10H,4-8,13H2,1-3H3. The zero-order valence-corrected chi connectivity index (χ0v) is 10.1. The Labute approximate surface area is 92.4 Å². The minimum absolute atomic E-state index is 0.0448. The van der Waals surface area contributed by atoms with E-state index in [1.807, 2.05) is 20.8 Å². The van der Waals surface area contributed by atoms with Crippen LogP contribution in [-0.2, 0) is 9.53 Å². The predicted octanol–water partition coefficient (Wildman–Crippen LogP) is 2.24. The van der Waals surface area contributed by atoms with Crippen molar-refractivity contribution in [3.63, 3.8) is 0 Å². The molecule has 15 heavy (non-hydrogen) atoms. The molecule has 0 spiro atoms. The second kappa shape index (κ2) is 4.97. The highest BCUT2D eigenvalue weighted by atomic mass is 16.6. The average Bonchev–Trinajstić information content (AvgIpc) is 2.26. The van der Waals surface area contributed by atoms with Crippen LogP contribution >= 0.6 is 0 Å². The molecule has 2 unspecified atom stereocenters. The Morgan fingerprint density at radius 3 is 2.47 bits per heavy atom. The molecule has 0 saturated heterocycles. The van der Waals surface area contributed by atoms with Crippen LogP contribution in [0.2, 0.25) is 0 Å². The summed E-state index contributed by atoms with van der Waals surface area (Å²) in [5, 5.41) is 0. The first-order valence-electron chi connectivity index (χ1n) is 5.87. The van der Waals surface area contributed by atoms with Crippen molar-refractivity contribution in [2.24, 2.45) is 11.7 Å². The van der Waals surface area contributed by atoms with E-state index in [-0.39, 0.29) is 23.5 Å². The van der Waals surface area contributed by atoms with E-state index in [0.717, 1.165) is 32.1 Å². The van der Waals surface area contributed by atoms with Gasteiger partial charge in [0.2, 0.25) is 0 Å². The molecule has 1 aliphatic carbocycles.